The molecule has 0 unspecified atom stereocenters. The first-order valence-corrected chi connectivity index (χ1v) is 7.48. The molecule has 1 saturated heterocycles. The molecule has 0 radical (unpaired) electrons. The third kappa shape index (κ3) is 2.79. The zero-order valence-corrected chi connectivity index (χ0v) is 12.2. The third-order valence-electron chi connectivity index (χ3n) is 4.23. The fourth-order valence-electron chi connectivity index (χ4n) is 2.91. The predicted molar refractivity (Wildman–Crippen MR) is 77.4 cm³/mol. The summed E-state index contributed by atoms with van der Waals surface area (Å²) in [6.07, 6.45) is 2.57. The molecule has 0 aromatic heterocycles. The van der Waals surface area contributed by atoms with Gasteiger partial charge in [-0.25, -0.2) is 0 Å². The van der Waals surface area contributed by atoms with E-state index in [9.17, 15) is 5.11 Å². The molecular weight excluding hydrogens is 278 g/mol. The minimum Gasteiger partial charge on any atom is -0.493 e. The molecule has 2 aliphatic heterocycles. The molecule has 2 aliphatic rings. The van der Waals surface area contributed by atoms with Gasteiger partial charge in [0.05, 0.1) is 13.2 Å². The van der Waals surface area contributed by atoms with E-state index in [4.69, 9.17) is 21.1 Å². The lowest BCUT2D eigenvalue weighted by atomic mass is 9.90. The Hall–Kier alpha value is -0.810. The van der Waals surface area contributed by atoms with Crippen LogP contribution in [0.5, 0.6) is 5.75 Å². The van der Waals surface area contributed by atoms with Crippen LogP contribution in [0.15, 0.2) is 12.1 Å². The van der Waals surface area contributed by atoms with Crippen LogP contribution < -0.4 is 10.1 Å². The van der Waals surface area contributed by atoms with Gasteiger partial charge in [0.15, 0.2) is 0 Å². The van der Waals surface area contributed by atoms with Gasteiger partial charge in [0.1, 0.15) is 5.75 Å². The molecule has 0 amide bonds. The van der Waals surface area contributed by atoms with Gasteiger partial charge in [0, 0.05) is 42.3 Å². The number of aliphatic hydroxyl groups excluding tert-OH is 1. The van der Waals surface area contributed by atoms with Crippen molar-refractivity contribution in [3.05, 3.63) is 28.3 Å². The van der Waals surface area contributed by atoms with Gasteiger partial charge in [-0.15, -0.1) is 0 Å². The second-order valence-electron chi connectivity index (χ2n) is 5.56. The Morgan fingerprint density at radius 1 is 1.25 bits per heavy atom. The molecule has 1 aromatic carbocycles. The van der Waals surface area contributed by atoms with Crippen molar-refractivity contribution in [3.8, 4) is 5.75 Å². The Labute approximate surface area is 124 Å². The first kappa shape index (κ1) is 14.1. The summed E-state index contributed by atoms with van der Waals surface area (Å²) in [7, 11) is 0. The van der Waals surface area contributed by atoms with E-state index in [2.05, 4.69) is 5.32 Å². The Morgan fingerprint density at radius 3 is 2.80 bits per heavy atom. The molecule has 0 atom stereocenters. The Bertz CT molecular complexity index is 486. The molecule has 1 fully saturated rings. The Balaban J connectivity index is 1.75. The fourth-order valence-corrected chi connectivity index (χ4v) is 3.18. The van der Waals surface area contributed by atoms with Gasteiger partial charge >= 0.3 is 0 Å². The highest BCUT2D eigenvalue weighted by Gasteiger charge is 2.31. The van der Waals surface area contributed by atoms with Crippen LogP contribution in [0.2, 0.25) is 5.02 Å². The number of aliphatic hydroxyl groups is 1. The van der Waals surface area contributed by atoms with Crippen LogP contribution in [0, 0.1) is 0 Å². The van der Waals surface area contributed by atoms with Crippen LogP contribution in [-0.2, 0) is 17.7 Å². The quantitative estimate of drug-likeness (QED) is 0.891. The number of benzene rings is 1. The molecule has 3 rings (SSSR count). The number of hydrogen-bond acceptors (Lipinski definition) is 4. The molecule has 110 valence electrons. The molecule has 2 N–H and O–H groups in total. The molecule has 1 aromatic rings. The molecule has 20 heavy (non-hydrogen) atoms. The summed E-state index contributed by atoms with van der Waals surface area (Å²) in [6.45, 7) is 2.89. The van der Waals surface area contributed by atoms with Crippen molar-refractivity contribution in [2.24, 2.45) is 0 Å². The van der Waals surface area contributed by atoms with E-state index in [1.54, 1.807) is 0 Å². The highest BCUT2D eigenvalue weighted by molar-refractivity contribution is 6.30. The minimum absolute atomic E-state index is 0.125. The average Bonchev–Trinajstić information content (AvgIpc) is 2.94. The first-order chi connectivity index (χ1) is 9.72. The van der Waals surface area contributed by atoms with Crippen LogP contribution in [0.4, 0.5) is 0 Å². The summed E-state index contributed by atoms with van der Waals surface area (Å²) < 4.78 is 11.1. The van der Waals surface area contributed by atoms with Gasteiger partial charge in [-0.1, -0.05) is 11.6 Å². The van der Waals surface area contributed by atoms with E-state index < -0.39 is 0 Å². The second kappa shape index (κ2) is 5.90. The molecular formula is C15H20ClNO3. The molecule has 0 saturated carbocycles. The monoisotopic (exact) mass is 297 g/mol. The van der Waals surface area contributed by atoms with Crippen molar-refractivity contribution < 1.29 is 14.6 Å². The molecule has 4 nitrogen and oxygen atoms in total. The maximum absolute atomic E-state index is 9.69. The summed E-state index contributed by atoms with van der Waals surface area (Å²) in [6, 6.07) is 3.92. The van der Waals surface area contributed by atoms with Crippen molar-refractivity contribution in [1.82, 2.24) is 5.32 Å². The van der Waals surface area contributed by atoms with E-state index in [0.717, 1.165) is 42.2 Å². The maximum Gasteiger partial charge on any atom is 0.127 e. The lowest BCUT2D eigenvalue weighted by Crippen LogP contribution is -2.51. The largest absolute Gasteiger partial charge is 0.493 e. The average molecular weight is 298 g/mol. The second-order valence-corrected chi connectivity index (χ2v) is 5.99. The number of hydrogen-bond donors (Lipinski definition) is 2. The summed E-state index contributed by atoms with van der Waals surface area (Å²) >= 11 is 6.17. The van der Waals surface area contributed by atoms with Crippen molar-refractivity contribution in [2.45, 2.75) is 31.3 Å². The van der Waals surface area contributed by atoms with Crippen LogP contribution in [0.25, 0.3) is 0 Å². The van der Waals surface area contributed by atoms with Crippen LogP contribution >= 0.6 is 11.6 Å². The summed E-state index contributed by atoms with van der Waals surface area (Å²) in [5.74, 6) is 0.960. The smallest absolute Gasteiger partial charge is 0.127 e. The summed E-state index contributed by atoms with van der Waals surface area (Å²) in [5, 5.41) is 13.9. The SMILES string of the molecule is OCC1(NCc2cc(Cl)cc3c2OCC3)CCOCC1. The summed E-state index contributed by atoms with van der Waals surface area (Å²) in [5.41, 5.74) is 2.01. The molecule has 0 spiro atoms. The summed E-state index contributed by atoms with van der Waals surface area (Å²) in [4.78, 5) is 0. The molecule has 0 aliphatic carbocycles. The van der Waals surface area contributed by atoms with Crippen LogP contribution in [0.1, 0.15) is 24.0 Å². The molecule has 2 heterocycles. The van der Waals surface area contributed by atoms with E-state index in [1.165, 1.54) is 5.56 Å². The van der Waals surface area contributed by atoms with Gasteiger partial charge in [-0.3, -0.25) is 0 Å². The van der Waals surface area contributed by atoms with Gasteiger partial charge in [-0.2, -0.15) is 0 Å². The topological polar surface area (TPSA) is 50.7 Å². The van der Waals surface area contributed by atoms with E-state index >= 15 is 0 Å². The number of halogens is 1. The van der Waals surface area contributed by atoms with Crippen molar-refractivity contribution >= 4 is 11.6 Å². The lowest BCUT2D eigenvalue weighted by Gasteiger charge is -2.36. The van der Waals surface area contributed by atoms with Crippen molar-refractivity contribution in [3.63, 3.8) is 0 Å². The van der Waals surface area contributed by atoms with E-state index in [1.807, 2.05) is 12.1 Å². The lowest BCUT2D eigenvalue weighted by molar-refractivity contribution is 0.0111. The first-order valence-electron chi connectivity index (χ1n) is 7.10. The fraction of sp³-hybridized carbons (Fsp3) is 0.600. The standard InChI is InChI=1S/C15H20ClNO3/c16-13-7-11-1-4-20-14(11)12(8-13)9-17-15(10-18)2-5-19-6-3-15/h7-8,17-18H,1-6,9-10H2. The van der Waals surface area contributed by atoms with Crippen molar-refractivity contribution in [2.75, 3.05) is 26.4 Å². The highest BCUT2D eigenvalue weighted by atomic mass is 35.5. The Kier molecular flexibility index (Phi) is 4.17. The van der Waals surface area contributed by atoms with Crippen molar-refractivity contribution in [1.29, 1.82) is 0 Å². The normalized spacial score (nSPS) is 20.5. The zero-order chi connectivity index (χ0) is 14.0. The molecule has 0 bridgehead atoms. The maximum atomic E-state index is 9.69. The number of fused-ring (bicyclic) bond motifs is 1. The molecule has 5 heteroatoms. The van der Waals surface area contributed by atoms with Gasteiger partial charge in [-0.05, 0) is 30.5 Å². The predicted octanol–water partition coefficient (Wildman–Crippen LogP) is 1.91. The third-order valence-corrected chi connectivity index (χ3v) is 4.45. The number of ether oxygens (including phenoxy) is 2. The Morgan fingerprint density at radius 2 is 2.05 bits per heavy atom. The highest BCUT2D eigenvalue weighted by Crippen LogP contribution is 2.33. The van der Waals surface area contributed by atoms with E-state index in [0.29, 0.717) is 19.8 Å². The van der Waals surface area contributed by atoms with Gasteiger partial charge < -0.3 is 19.9 Å². The van der Waals surface area contributed by atoms with Gasteiger partial charge in [0.25, 0.3) is 0 Å². The zero-order valence-electron chi connectivity index (χ0n) is 11.5. The number of nitrogens with one attached hydrogen (secondary N) is 1. The van der Waals surface area contributed by atoms with Crippen LogP contribution in [0.3, 0.4) is 0 Å². The minimum atomic E-state index is -0.244. The number of rotatable bonds is 4. The van der Waals surface area contributed by atoms with Gasteiger partial charge in [0.2, 0.25) is 0 Å². The van der Waals surface area contributed by atoms with Crippen LogP contribution in [-0.4, -0.2) is 37.1 Å². The van der Waals surface area contributed by atoms with E-state index in [-0.39, 0.29) is 12.1 Å².